The van der Waals surface area contributed by atoms with Gasteiger partial charge in [-0.3, -0.25) is 4.79 Å². The number of oxazole rings is 1. The van der Waals surface area contributed by atoms with E-state index in [2.05, 4.69) is 4.98 Å². The van der Waals surface area contributed by atoms with Gasteiger partial charge in [-0.1, -0.05) is 0 Å². The zero-order valence-electron chi connectivity index (χ0n) is 13.4. The van der Waals surface area contributed by atoms with Gasteiger partial charge in [-0.25, -0.2) is 4.98 Å². The van der Waals surface area contributed by atoms with Crippen LogP contribution < -0.4 is 4.74 Å². The second kappa shape index (κ2) is 7.11. The summed E-state index contributed by atoms with van der Waals surface area (Å²) in [5, 5.41) is 0. The first-order chi connectivity index (χ1) is 10.5. The van der Waals surface area contributed by atoms with Crippen LogP contribution in [0.25, 0.3) is 11.5 Å². The predicted molar refractivity (Wildman–Crippen MR) is 82.8 cm³/mol. The highest BCUT2D eigenvalue weighted by Gasteiger charge is 2.15. The van der Waals surface area contributed by atoms with Crippen LogP contribution >= 0.6 is 0 Å². The van der Waals surface area contributed by atoms with Gasteiger partial charge < -0.3 is 13.9 Å². The highest BCUT2D eigenvalue weighted by atomic mass is 16.5. The summed E-state index contributed by atoms with van der Waals surface area (Å²) in [5.74, 6) is 1.62. The van der Waals surface area contributed by atoms with Crippen molar-refractivity contribution in [2.45, 2.75) is 40.2 Å². The first-order valence-corrected chi connectivity index (χ1v) is 7.38. The predicted octanol–water partition coefficient (Wildman–Crippen LogP) is 3.54. The van der Waals surface area contributed by atoms with E-state index < -0.39 is 0 Å². The molecule has 0 aliphatic carbocycles. The van der Waals surface area contributed by atoms with Crippen LogP contribution in [0, 0.1) is 6.92 Å². The van der Waals surface area contributed by atoms with Crippen LogP contribution in [0.15, 0.2) is 28.7 Å². The van der Waals surface area contributed by atoms with Gasteiger partial charge >= 0.3 is 5.97 Å². The van der Waals surface area contributed by atoms with Gasteiger partial charge in [0.2, 0.25) is 5.89 Å². The average molecular weight is 303 g/mol. The van der Waals surface area contributed by atoms with Gasteiger partial charge in [0.15, 0.2) is 0 Å². The third-order valence-electron chi connectivity index (χ3n) is 2.98. The fourth-order valence-corrected chi connectivity index (χ4v) is 2.01. The van der Waals surface area contributed by atoms with Crippen LogP contribution in [0.2, 0.25) is 0 Å². The Balaban J connectivity index is 2.14. The number of rotatable bonds is 6. The molecule has 1 aromatic heterocycles. The first-order valence-electron chi connectivity index (χ1n) is 7.38. The van der Waals surface area contributed by atoms with Crippen LogP contribution in [0.5, 0.6) is 5.75 Å². The van der Waals surface area contributed by atoms with Crippen molar-refractivity contribution < 1.29 is 18.7 Å². The van der Waals surface area contributed by atoms with Crippen molar-refractivity contribution >= 4 is 5.97 Å². The lowest BCUT2D eigenvalue weighted by molar-refractivity contribution is -0.142. The van der Waals surface area contributed by atoms with Gasteiger partial charge in [0, 0.05) is 5.56 Å². The fraction of sp³-hybridized carbons (Fsp3) is 0.412. The molecule has 5 nitrogen and oxygen atoms in total. The van der Waals surface area contributed by atoms with E-state index in [0.717, 1.165) is 11.3 Å². The molecule has 2 aromatic rings. The molecule has 22 heavy (non-hydrogen) atoms. The van der Waals surface area contributed by atoms with E-state index in [4.69, 9.17) is 13.9 Å². The van der Waals surface area contributed by atoms with E-state index in [1.807, 2.05) is 38.1 Å². The number of hydrogen-bond donors (Lipinski definition) is 0. The molecule has 0 fully saturated rings. The molecule has 0 atom stereocenters. The standard InChI is InChI=1S/C17H21NO4/c1-5-20-16(19)10-15-12(4)22-17(18-15)13-6-8-14(9-7-13)21-11(2)3/h6-9,11H,5,10H2,1-4H3. The lowest BCUT2D eigenvalue weighted by atomic mass is 10.2. The van der Waals surface area contributed by atoms with E-state index in [1.165, 1.54) is 0 Å². The summed E-state index contributed by atoms with van der Waals surface area (Å²) in [6, 6.07) is 7.52. The molecule has 0 radical (unpaired) electrons. The van der Waals surface area contributed by atoms with Crippen molar-refractivity contribution in [1.29, 1.82) is 0 Å². The Morgan fingerprint density at radius 2 is 1.95 bits per heavy atom. The van der Waals surface area contributed by atoms with E-state index >= 15 is 0 Å². The first kappa shape index (κ1) is 16.1. The zero-order chi connectivity index (χ0) is 16.1. The van der Waals surface area contributed by atoms with Crippen molar-refractivity contribution in [2.24, 2.45) is 0 Å². The van der Waals surface area contributed by atoms with Gasteiger partial charge in [0.05, 0.1) is 24.8 Å². The minimum Gasteiger partial charge on any atom is -0.491 e. The summed E-state index contributed by atoms with van der Waals surface area (Å²) < 4.78 is 16.2. The topological polar surface area (TPSA) is 61.6 Å². The zero-order valence-corrected chi connectivity index (χ0v) is 13.4. The number of ether oxygens (including phenoxy) is 2. The Morgan fingerprint density at radius 3 is 2.55 bits per heavy atom. The van der Waals surface area contributed by atoms with Crippen molar-refractivity contribution in [3.8, 4) is 17.2 Å². The van der Waals surface area contributed by atoms with Crippen molar-refractivity contribution in [3.05, 3.63) is 35.7 Å². The smallest absolute Gasteiger partial charge is 0.311 e. The Kier molecular flexibility index (Phi) is 5.20. The van der Waals surface area contributed by atoms with E-state index in [0.29, 0.717) is 24.0 Å². The molecule has 0 spiro atoms. The SMILES string of the molecule is CCOC(=O)Cc1nc(-c2ccc(OC(C)C)cc2)oc1C. The van der Waals surface area contributed by atoms with Gasteiger partial charge in [-0.15, -0.1) is 0 Å². The number of aryl methyl sites for hydroxylation is 1. The molecule has 1 heterocycles. The summed E-state index contributed by atoms with van der Waals surface area (Å²) in [6.45, 7) is 7.89. The molecule has 118 valence electrons. The molecular formula is C17H21NO4. The maximum atomic E-state index is 11.5. The Morgan fingerprint density at radius 1 is 1.27 bits per heavy atom. The summed E-state index contributed by atoms with van der Waals surface area (Å²) in [7, 11) is 0. The number of hydrogen-bond acceptors (Lipinski definition) is 5. The van der Waals surface area contributed by atoms with E-state index in [-0.39, 0.29) is 18.5 Å². The van der Waals surface area contributed by atoms with Crippen molar-refractivity contribution in [1.82, 2.24) is 4.98 Å². The second-order valence-electron chi connectivity index (χ2n) is 5.19. The second-order valence-corrected chi connectivity index (χ2v) is 5.19. The summed E-state index contributed by atoms with van der Waals surface area (Å²) >= 11 is 0. The molecule has 0 bridgehead atoms. The molecule has 0 saturated carbocycles. The monoisotopic (exact) mass is 303 g/mol. The lowest BCUT2D eigenvalue weighted by Crippen LogP contribution is -2.08. The van der Waals surface area contributed by atoms with Gasteiger partial charge in [0.1, 0.15) is 11.5 Å². The quantitative estimate of drug-likeness (QED) is 0.764. The highest BCUT2D eigenvalue weighted by Crippen LogP contribution is 2.24. The van der Waals surface area contributed by atoms with Crippen LogP contribution in [-0.2, 0) is 16.0 Å². The molecule has 0 N–H and O–H groups in total. The molecule has 2 rings (SSSR count). The number of carbonyl (C=O) groups is 1. The van der Waals surface area contributed by atoms with E-state index in [9.17, 15) is 4.79 Å². The van der Waals surface area contributed by atoms with Crippen LogP contribution in [-0.4, -0.2) is 23.7 Å². The number of carbonyl (C=O) groups excluding carboxylic acids is 1. The summed E-state index contributed by atoms with van der Waals surface area (Å²) in [4.78, 5) is 15.9. The average Bonchev–Trinajstić information content (AvgIpc) is 2.80. The fourth-order valence-electron chi connectivity index (χ4n) is 2.01. The third-order valence-corrected chi connectivity index (χ3v) is 2.98. The number of aromatic nitrogens is 1. The molecule has 0 aliphatic rings. The molecule has 0 unspecified atom stereocenters. The Labute approximate surface area is 130 Å². The minimum atomic E-state index is -0.300. The van der Waals surface area contributed by atoms with Crippen molar-refractivity contribution in [3.63, 3.8) is 0 Å². The van der Waals surface area contributed by atoms with Crippen LogP contribution in [0.1, 0.15) is 32.2 Å². The molecular weight excluding hydrogens is 282 g/mol. The molecule has 1 aromatic carbocycles. The maximum Gasteiger partial charge on any atom is 0.311 e. The summed E-state index contributed by atoms with van der Waals surface area (Å²) in [5.41, 5.74) is 1.45. The van der Waals surface area contributed by atoms with Crippen molar-refractivity contribution in [2.75, 3.05) is 6.61 Å². The maximum absolute atomic E-state index is 11.5. The van der Waals surface area contributed by atoms with Gasteiger partial charge in [0.25, 0.3) is 0 Å². The number of benzene rings is 1. The molecule has 0 amide bonds. The lowest BCUT2D eigenvalue weighted by Gasteiger charge is -2.09. The van der Waals surface area contributed by atoms with Gasteiger partial charge in [-0.2, -0.15) is 0 Å². The summed E-state index contributed by atoms with van der Waals surface area (Å²) in [6.07, 6.45) is 0.253. The van der Waals surface area contributed by atoms with Gasteiger partial charge in [-0.05, 0) is 52.0 Å². The minimum absolute atomic E-state index is 0.123. The van der Waals surface area contributed by atoms with Crippen LogP contribution in [0.3, 0.4) is 0 Å². The third kappa shape index (κ3) is 4.10. The molecule has 5 heteroatoms. The highest BCUT2D eigenvalue weighted by molar-refractivity contribution is 5.72. The number of nitrogens with zero attached hydrogens (tertiary/aromatic N) is 1. The molecule has 0 aliphatic heterocycles. The van der Waals surface area contributed by atoms with E-state index in [1.54, 1.807) is 13.8 Å². The Hall–Kier alpha value is -2.30. The largest absolute Gasteiger partial charge is 0.491 e. The number of esters is 1. The molecule has 0 saturated heterocycles. The normalized spacial score (nSPS) is 10.8. The Bertz CT molecular complexity index is 629. The van der Waals surface area contributed by atoms with Crippen LogP contribution in [0.4, 0.5) is 0 Å².